The van der Waals surface area contributed by atoms with E-state index in [1.165, 1.54) is 0 Å². The van der Waals surface area contributed by atoms with Gasteiger partial charge in [-0.1, -0.05) is 35.9 Å². The topological polar surface area (TPSA) is 106 Å². The van der Waals surface area contributed by atoms with E-state index in [9.17, 15) is 9.59 Å². The van der Waals surface area contributed by atoms with Crippen molar-refractivity contribution in [1.82, 2.24) is 20.9 Å². The Kier molecular flexibility index (Phi) is 6.56. The molecule has 0 fully saturated rings. The minimum Gasteiger partial charge on any atom is -0.396 e. The predicted molar refractivity (Wildman–Crippen MR) is 120 cm³/mol. The zero-order chi connectivity index (χ0) is 21.8. The van der Waals surface area contributed by atoms with Crippen molar-refractivity contribution in [2.75, 3.05) is 19.7 Å². The Bertz CT molecular complexity index is 1100. The van der Waals surface area contributed by atoms with Crippen molar-refractivity contribution < 1.29 is 14.7 Å². The minimum atomic E-state index is -0.314. The van der Waals surface area contributed by atoms with Crippen LogP contribution in [0.1, 0.15) is 34.1 Å². The van der Waals surface area contributed by atoms with Crippen molar-refractivity contribution in [2.24, 2.45) is 0 Å². The fourth-order valence-electron chi connectivity index (χ4n) is 4.01. The van der Waals surface area contributed by atoms with E-state index in [4.69, 9.17) is 16.7 Å². The molecular weight excluding hydrogens is 416 g/mol. The van der Waals surface area contributed by atoms with E-state index in [1.54, 1.807) is 12.1 Å². The number of hydrogen-bond donors (Lipinski definition) is 5. The summed E-state index contributed by atoms with van der Waals surface area (Å²) in [6, 6.07) is 14.5. The zero-order valence-electron chi connectivity index (χ0n) is 17.0. The fourth-order valence-corrected chi connectivity index (χ4v) is 4.19. The van der Waals surface area contributed by atoms with Gasteiger partial charge in [-0.25, -0.2) is 0 Å². The molecule has 2 amide bonds. The summed E-state index contributed by atoms with van der Waals surface area (Å²) in [5.41, 5.74) is 3.40. The van der Waals surface area contributed by atoms with Crippen molar-refractivity contribution in [1.29, 1.82) is 0 Å². The molecule has 162 valence electrons. The van der Waals surface area contributed by atoms with Gasteiger partial charge in [0.2, 0.25) is 5.91 Å². The van der Waals surface area contributed by atoms with Crippen LogP contribution in [-0.4, -0.2) is 47.6 Å². The number of carbonyl (C=O) groups excluding carboxylic acids is 2. The van der Waals surface area contributed by atoms with E-state index in [0.717, 1.165) is 22.0 Å². The lowest BCUT2D eigenvalue weighted by atomic mass is 10.1. The van der Waals surface area contributed by atoms with Gasteiger partial charge < -0.3 is 26.0 Å². The van der Waals surface area contributed by atoms with Gasteiger partial charge in [-0.15, -0.1) is 0 Å². The second-order valence-corrected chi connectivity index (χ2v) is 8.13. The molecule has 4 rings (SSSR count). The molecule has 0 unspecified atom stereocenters. The van der Waals surface area contributed by atoms with Gasteiger partial charge in [0.25, 0.3) is 5.91 Å². The molecule has 1 aromatic heterocycles. The Balaban J connectivity index is 1.47. The van der Waals surface area contributed by atoms with Gasteiger partial charge in [0.1, 0.15) is 5.69 Å². The van der Waals surface area contributed by atoms with Crippen LogP contribution in [0.2, 0.25) is 5.02 Å². The van der Waals surface area contributed by atoms with Crippen molar-refractivity contribution in [2.45, 2.75) is 24.9 Å². The predicted octanol–water partition coefficient (Wildman–Crippen LogP) is 2.31. The van der Waals surface area contributed by atoms with Crippen LogP contribution in [0.4, 0.5) is 0 Å². The number of rotatable bonds is 8. The number of benzene rings is 2. The Morgan fingerprint density at radius 1 is 1.13 bits per heavy atom. The highest BCUT2D eigenvalue weighted by Crippen LogP contribution is 2.31. The molecule has 7 nitrogen and oxygen atoms in total. The van der Waals surface area contributed by atoms with Crippen LogP contribution in [0.25, 0.3) is 10.9 Å². The largest absolute Gasteiger partial charge is 0.396 e. The molecule has 0 spiro atoms. The number of hydrogen-bond acceptors (Lipinski definition) is 4. The summed E-state index contributed by atoms with van der Waals surface area (Å²) < 4.78 is 0. The van der Waals surface area contributed by atoms with Crippen molar-refractivity contribution in [3.63, 3.8) is 0 Å². The number of nitrogens with one attached hydrogen (secondary N) is 4. The molecule has 8 heteroatoms. The maximum absolute atomic E-state index is 13.0. The van der Waals surface area contributed by atoms with Crippen LogP contribution in [-0.2, 0) is 11.2 Å². The van der Waals surface area contributed by atoms with Gasteiger partial charge in [-0.2, -0.15) is 0 Å². The highest BCUT2D eigenvalue weighted by Gasteiger charge is 2.34. The molecule has 0 saturated carbocycles. The molecule has 1 heterocycles. The van der Waals surface area contributed by atoms with Crippen molar-refractivity contribution in [3.8, 4) is 0 Å². The lowest BCUT2D eigenvalue weighted by Crippen LogP contribution is -2.46. The van der Waals surface area contributed by atoms with Crippen LogP contribution >= 0.6 is 11.6 Å². The summed E-state index contributed by atoms with van der Waals surface area (Å²) >= 11 is 6.05. The molecule has 5 N–H and O–H groups in total. The Morgan fingerprint density at radius 2 is 1.97 bits per heavy atom. The van der Waals surface area contributed by atoms with E-state index < -0.39 is 0 Å². The number of aromatic nitrogens is 1. The summed E-state index contributed by atoms with van der Waals surface area (Å²) in [5.74, 6) is -0.385. The lowest BCUT2D eigenvalue weighted by Gasteiger charge is -2.23. The summed E-state index contributed by atoms with van der Waals surface area (Å²) in [4.78, 5) is 28.5. The molecule has 31 heavy (non-hydrogen) atoms. The van der Waals surface area contributed by atoms with Crippen LogP contribution in [0.3, 0.4) is 0 Å². The maximum atomic E-state index is 13.0. The molecule has 0 aliphatic heterocycles. The van der Waals surface area contributed by atoms with Crippen LogP contribution in [0.5, 0.6) is 0 Å². The number of H-pyrrole nitrogens is 1. The molecule has 1 aliphatic rings. The van der Waals surface area contributed by atoms with Crippen LogP contribution in [0, 0.1) is 0 Å². The molecule has 0 radical (unpaired) electrons. The summed E-state index contributed by atoms with van der Waals surface area (Å²) in [6.45, 7) is 0.802. The Morgan fingerprint density at radius 3 is 2.81 bits per heavy atom. The monoisotopic (exact) mass is 440 g/mol. The number of amides is 2. The number of carbonyl (C=O) groups is 2. The summed E-state index contributed by atoms with van der Waals surface area (Å²) in [7, 11) is 0. The van der Waals surface area contributed by atoms with Gasteiger partial charge in [0, 0.05) is 22.5 Å². The van der Waals surface area contributed by atoms with Gasteiger partial charge in [0.15, 0.2) is 0 Å². The Labute approximate surface area is 185 Å². The smallest absolute Gasteiger partial charge is 0.268 e. The van der Waals surface area contributed by atoms with Gasteiger partial charge in [-0.05, 0) is 54.8 Å². The molecular formula is C23H25ClN4O3. The van der Waals surface area contributed by atoms with Crippen LogP contribution in [0.15, 0.2) is 48.5 Å². The maximum Gasteiger partial charge on any atom is 0.268 e. The fraction of sp³-hybridized carbons (Fsp3) is 0.304. The molecule has 1 aliphatic carbocycles. The number of aliphatic hydroxyl groups excluding tert-OH is 1. The second kappa shape index (κ2) is 9.51. The first-order valence-corrected chi connectivity index (χ1v) is 10.7. The number of fused-ring (bicyclic) bond motifs is 2. The van der Waals surface area contributed by atoms with E-state index >= 15 is 0 Å². The average Bonchev–Trinajstić information content (AvgIpc) is 3.32. The van der Waals surface area contributed by atoms with Crippen LogP contribution < -0.4 is 16.0 Å². The average molecular weight is 441 g/mol. The number of aliphatic hydroxyl groups is 1. The third-order valence-corrected chi connectivity index (χ3v) is 5.73. The first kappa shape index (κ1) is 21.4. The summed E-state index contributed by atoms with van der Waals surface area (Å²) in [6.07, 6.45) is 1.23. The van der Waals surface area contributed by atoms with Crippen molar-refractivity contribution >= 4 is 34.3 Å². The number of halogens is 1. The molecule has 2 aromatic carbocycles. The second-order valence-electron chi connectivity index (χ2n) is 7.70. The number of aromatic amines is 1. The first-order chi connectivity index (χ1) is 15.0. The Hall–Kier alpha value is -2.87. The van der Waals surface area contributed by atoms with Gasteiger partial charge >= 0.3 is 0 Å². The molecule has 0 saturated heterocycles. The highest BCUT2D eigenvalue weighted by molar-refractivity contribution is 6.31. The quantitative estimate of drug-likeness (QED) is 0.346. The summed E-state index contributed by atoms with van der Waals surface area (Å²) in [5, 5.41) is 19.5. The molecule has 2 atom stereocenters. The third-order valence-electron chi connectivity index (χ3n) is 5.49. The third kappa shape index (κ3) is 4.90. The van der Waals surface area contributed by atoms with E-state index in [2.05, 4.69) is 20.9 Å². The van der Waals surface area contributed by atoms with Crippen molar-refractivity contribution in [3.05, 3.63) is 70.4 Å². The lowest BCUT2D eigenvalue weighted by molar-refractivity contribution is -0.121. The van der Waals surface area contributed by atoms with E-state index in [1.807, 2.05) is 36.4 Å². The minimum absolute atomic E-state index is 0.0820. The van der Waals surface area contributed by atoms with Gasteiger partial charge in [0.05, 0.1) is 18.6 Å². The normalized spacial score (nSPS) is 17.5. The standard InChI is InChI=1S/C23H25ClN4O3/c24-16-6-7-18-15(10-16)12-20(26-18)23(31)27-19-11-14-4-1-2-5-17(14)22(19)28-21(30)13-25-8-3-9-29/h1-2,4-7,10,12,19,22,25-26,29H,3,8-9,11,13H2,(H,27,31)(H,28,30)/t19-,22-/m1/s1. The zero-order valence-corrected chi connectivity index (χ0v) is 17.7. The molecule has 0 bridgehead atoms. The highest BCUT2D eigenvalue weighted by atomic mass is 35.5. The van der Waals surface area contributed by atoms with Gasteiger partial charge in [-0.3, -0.25) is 9.59 Å². The SMILES string of the molecule is O=C(CNCCCO)N[C@@H]1c2ccccc2C[C@H]1NC(=O)c1cc2cc(Cl)ccc2[nH]1. The first-order valence-electron chi connectivity index (χ1n) is 10.3. The van der Waals surface area contributed by atoms with E-state index in [0.29, 0.717) is 30.1 Å². The van der Waals surface area contributed by atoms with E-state index in [-0.39, 0.29) is 37.0 Å². The molecule has 3 aromatic rings.